The predicted molar refractivity (Wildman–Crippen MR) is 154 cm³/mol. The molecule has 3 N–H and O–H groups in total. The number of carboxylic acid groups (broad SMARTS) is 1. The summed E-state index contributed by atoms with van der Waals surface area (Å²) >= 11 is 0. The van der Waals surface area contributed by atoms with E-state index in [-0.39, 0.29) is 16.7 Å². The standard InChI is InChI=1S/C32H32N2O5/c1-20-9-8-10-23(17-20)33-31(37)34-26-18-21(22-13-15-24(30(35)36)29(19-22)38-5)14-16-28(26)39-27-12-7-6-11-25(27)32(2,3)4/h6-19H,1-5H3,(H,35,36)(H2,33,34,37). The summed E-state index contributed by atoms with van der Waals surface area (Å²) in [5, 5.41) is 15.2. The first-order valence-electron chi connectivity index (χ1n) is 12.5. The van der Waals surface area contributed by atoms with Crippen LogP contribution in [0.1, 0.15) is 42.3 Å². The average molecular weight is 525 g/mol. The summed E-state index contributed by atoms with van der Waals surface area (Å²) in [5.74, 6) is 0.317. The van der Waals surface area contributed by atoms with Crippen LogP contribution in [0.4, 0.5) is 16.2 Å². The molecule has 0 aromatic heterocycles. The van der Waals surface area contributed by atoms with Gasteiger partial charge >= 0.3 is 12.0 Å². The Morgan fingerprint density at radius 3 is 2.18 bits per heavy atom. The highest BCUT2D eigenvalue weighted by molar-refractivity contribution is 6.01. The maximum absolute atomic E-state index is 13.0. The number of hydrogen-bond donors (Lipinski definition) is 3. The monoisotopic (exact) mass is 524 g/mol. The third kappa shape index (κ3) is 6.57. The maximum Gasteiger partial charge on any atom is 0.339 e. The molecule has 0 heterocycles. The minimum atomic E-state index is -1.07. The van der Waals surface area contributed by atoms with Gasteiger partial charge in [0.2, 0.25) is 0 Å². The fourth-order valence-corrected chi connectivity index (χ4v) is 4.24. The van der Waals surface area contributed by atoms with E-state index >= 15 is 0 Å². The van der Waals surface area contributed by atoms with Gasteiger partial charge in [-0.15, -0.1) is 0 Å². The summed E-state index contributed by atoms with van der Waals surface area (Å²) in [7, 11) is 1.43. The number of amides is 2. The highest BCUT2D eigenvalue weighted by Gasteiger charge is 2.20. The van der Waals surface area contributed by atoms with Gasteiger partial charge in [0, 0.05) is 11.3 Å². The molecule has 7 heteroatoms. The lowest BCUT2D eigenvalue weighted by Gasteiger charge is -2.23. The van der Waals surface area contributed by atoms with E-state index in [4.69, 9.17) is 9.47 Å². The second-order valence-corrected chi connectivity index (χ2v) is 10.2. The number of anilines is 2. The third-order valence-electron chi connectivity index (χ3n) is 6.18. The molecule has 0 spiro atoms. The first-order chi connectivity index (χ1) is 18.5. The predicted octanol–water partition coefficient (Wildman–Crippen LogP) is 8.10. The largest absolute Gasteiger partial charge is 0.496 e. The molecule has 0 bridgehead atoms. The Morgan fingerprint density at radius 1 is 0.769 bits per heavy atom. The van der Waals surface area contributed by atoms with Gasteiger partial charge in [-0.2, -0.15) is 0 Å². The lowest BCUT2D eigenvalue weighted by molar-refractivity contribution is 0.0693. The van der Waals surface area contributed by atoms with Crippen LogP contribution < -0.4 is 20.1 Å². The van der Waals surface area contributed by atoms with E-state index in [9.17, 15) is 14.7 Å². The van der Waals surface area contributed by atoms with Gasteiger partial charge in [-0.3, -0.25) is 0 Å². The lowest BCUT2D eigenvalue weighted by Crippen LogP contribution is -2.20. The number of para-hydroxylation sites is 1. The van der Waals surface area contributed by atoms with E-state index in [1.54, 1.807) is 24.3 Å². The number of hydrogen-bond acceptors (Lipinski definition) is 4. The van der Waals surface area contributed by atoms with Crippen molar-refractivity contribution in [3.8, 4) is 28.4 Å². The van der Waals surface area contributed by atoms with Crippen molar-refractivity contribution in [2.75, 3.05) is 17.7 Å². The second kappa shape index (κ2) is 11.3. The number of aromatic carboxylic acids is 1. The Kier molecular flexibility index (Phi) is 7.91. The van der Waals surface area contributed by atoms with Crippen molar-refractivity contribution in [2.24, 2.45) is 0 Å². The van der Waals surface area contributed by atoms with Crippen LogP contribution in [0.3, 0.4) is 0 Å². The molecule has 200 valence electrons. The normalized spacial score (nSPS) is 11.0. The van der Waals surface area contributed by atoms with Crippen LogP contribution in [0.5, 0.6) is 17.2 Å². The Balaban J connectivity index is 1.74. The zero-order valence-corrected chi connectivity index (χ0v) is 22.7. The number of carboxylic acids is 1. The fraction of sp³-hybridized carbons (Fsp3) is 0.188. The molecule has 0 unspecified atom stereocenters. The number of carbonyl (C=O) groups is 2. The van der Waals surface area contributed by atoms with Crippen molar-refractivity contribution in [1.29, 1.82) is 0 Å². The molecule has 0 radical (unpaired) electrons. The Labute approximate surface area is 228 Å². The lowest BCUT2D eigenvalue weighted by atomic mass is 9.86. The van der Waals surface area contributed by atoms with E-state index in [0.717, 1.165) is 22.3 Å². The van der Waals surface area contributed by atoms with Gasteiger partial charge in [0.25, 0.3) is 0 Å². The van der Waals surface area contributed by atoms with Gasteiger partial charge in [-0.1, -0.05) is 63.2 Å². The quantitative estimate of drug-likeness (QED) is 0.227. The molecule has 0 aliphatic carbocycles. The van der Waals surface area contributed by atoms with Gasteiger partial charge in [0.1, 0.15) is 17.1 Å². The van der Waals surface area contributed by atoms with Gasteiger partial charge in [0.05, 0.1) is 12.8 Å². The Bertz CT molecular complexity index is 1520. The topological polar surface area (TPSA) is 96.9 Å². The molecule has 39 heavy (non-hydrogen) atoms. The van der Waals surface area contributed by atoms with Gasteiger partial charge in [0.15, 0.2) is 5.75 Å². The molecular weight excluding hydrogens is 492 g/mol. The molecule has 0 aliphatic rings. The minimum Gasteiger partial charge on any atom is -0.496 e. The smallest absolute Gasteiger partial charge is 0.339 e. The number of nitrogens with one attached hydrogen (secondary N) is 2. The van der Waals surface area contributed by atoms with Crippen LogP contribution in [0.25, 0.3) is 11.1 Å². The number of ether oxygens (including phenoxy) is 2. The fourth-order valence-electron chi connectivity index (χ4n) is 4.24. The van der Waals surface area contributed by atoms with Crippen molar-refractivity contribution in [1.82, 2.24) is 0 Å². The van der Waals surface area contributed by atoms with Crippen molar-refractivity contribution in [3.63, 3.8) is 0 Å². The molecule has 2 amide bonds. The minimum absolute atomic E-state index is 0.0656. The first kappa shape index (κ1) is 27.3. The molecule has 4 aromatic carbocycles. The first-order valence-corrected chi connectivity index (χ1v) is 12.5. The SMILES string of the molecule is COc1cc(-c2ccc(Oc3ccccc3C(C)(C)C)c(NC(=O)Nc3cccc(C)c3)c2)ccc1C(=O)O. The van der Waals surface area contributed by atoms with E-state index in [1.165, 1.54) is 13.2 Å². The van der Waals surface area contributed by atoms with Crippen molar-refractivity contribution < 1.29 is 24.2 Å². The highest BCUT2D eigenvalue weighted by atomic mass is 16.5. The van der Waals surface area contributed by atoms with Crippen molar-refractivity contribution in [2.45, 2.75) is 33.1 Å². The second-order valence-electron chi connectivity index (χ2n) is 10.2. The maximum atomic E-state index is 13.0. The number of benzene rings is 4. The molecule has 0 fully saturated rings. The average Bonchev–Trinajstić information content (AvgIpc) is 2.89. The molecule has 7 nitrogen and oxygen atoms in total. The number of urea groups is 1. The Hall–Kier alpha value is -4.78. The number of aryl methyl sites for hydroxylation is 1. The van der Waals surface area contributed by atoms with Gasteiger partial charge in [-0.25, -0.2) is 9.59 Å². The number of carbonyl (C=O) groups excluding carboxylic acids is 1. The zero-order valence-electron chi connectivity index (χ0n) is 22.7. The molecule has 0 saturated heterocycles. The van der Waals surface area contributed by atoms with Crippen LogP contribution in [-0.4, -0.2) is 24.2 Å². The van der Waals surface area contributed by atoms with Gasteiger partial charge < -0.3 is 25.2 Å². The van der Waals surface area contributed by atoms with Crippen LogP contribution in [0.2, 0.25) is 0 Å². The van der Waals surface area contributed by atoms with E-state index in [0.29, 0.717) is 22.9 Å². The molecule has 0 saturated carbocycles. The summed E-state index contributed by atoms with van der Waals surface area (Å²) in [4.78, 5) is 24.6. The van der Waals surface area contributed by atoms with Crippen LogP contribution in [0, 0.1) is 6.92 Å². The molecule has 0 aliphatic heterocycles. The summed E-state index contributed by atoms with van der Waals surface area (Å²) in [6.45, 7) is 8.29. The van der Waals surface area contributed by atoms with Crippen molar-refractivity contribution >= 4 is 23.4 Å². The van der Waals surface area contributed by atoms with Crippen molar-refractivity contribution in [3.05, 3.63) is 102 Å². The molecule has 0 atom stereocenters. The number of rotatable bonds is 7. The van der Waals surface area contributed by atoms with Crippen LogP contribution in [0.15, 0.2) is 84.9 Å². The highest BCUT2D eigenvalue weighted by Crippen LogP contribution is 2.39. The summed E-state index contributed by atoms with van der Waals surface area (Å²) < 4.78 is 11.7. The van der Waals surface area contributed by atoms with E-state index < -0.39 is 12.0 Å². The van der Waals surface area contributed by atoms with Gasteiger partial charge in [-0.05, 0) is 71.5 Å². The van der Waals surface area contributed by atoms with Crippen LogP contribution >= 0.6 is 0 Å². The number of methoxy groups -OCH3 is 1. The summed E-state index contributed by atoms with van der Waals surface area (Å²) in [6.07, 6.45) is 0. The summed E-state index contributed by atoms with van der Waals surface area (Å²) in [5.41, 5.74) is 4.54. The molecule has 4 rings (SSSR count). The zero-order chi connectivity index (χ0) is 28.2. The van der Waals surface area contributed by atoms with E-state index in [1.807, 2.05) is 61.5 Å². The molecular formula is C32H32N2O5. The van der Waals surface area contributed by atoms with E-state index in [2.05, 4.69) is 31.4 Å². The summed E-state index contributed by atoms with van der Waals surface area (Å²) in [6, 6.07) is 25.2. The van der Waals surface area contributed by atoms with Crippen LogP contribution in [-0.2, 0) is 5.41 Å². The third-order valence-corrected chi connectivity index (χ3v) is 6.18. The molecule has 4 aromatic rings. The Morgan fingerprint density at radius 2 is 1.49 bits per heavy atom.